The number of fused-ring (bicyclic) bond motifs is 1. The van der Waals surface area contributed by atoms with Crippen LogP contribution in [0.2, 0.25) is 5.02 Å². The van der Waals surface area contributed by atoms with Crippen LogP contribution in [0.25, 0.3) is 11.0 Å². The van der Waals surface area contributed by atoms with Crippen molar-refractivity contribution in [3.63, 3.8) is 0 Å². The molecule has 3 rings (SSSR count). The highest BCUT2D eigenvalue weighted by Crippen LogP contribution is 2.21. The van der Waals surface area contributed by atoms with Crippen molar-refractivity contribution in [3.8, 4) is 0 Å². The summed E-state index contributed by atoms with van der Waals surface area (Å²) in [5.41, 5.74) is 1.75. The summed E-state index contributed by atoms with van der Waals surface area (Å²) < 4.78 is 14.4. The van der Waals surface area contributed by atoms with E-state index < -0.39 is 0 Å². The van der Waals surface area contributed by atoms with E-state index in [2.05, 4.69) is 4.98 Å². The van der Waals surface area contributed by atoms with Gasteiger partial charge in [0.05, 0.1) is 11.0 Å². The first kappa shape index (κ1) is 12.8. The maximum atomic E-state index is 12.9. The number of hydrogen-bond donors (Lipinski definition) is 0. The summed E-state index contributed by atoms with van der Waals surface area (Å²) in [7, 11) is 0. The molecule has 0 unspecified atom stereocenters. The Morgan fingerprint density at radius 2 is 1.90 bits per heavy atom. The van der Waals surface area contributed by atoms with Gasteiger partial charge in [0.15, 0.2) is 0 Å². The molecule has 100 valence electrons. The maximum absolute atomic E-state index is 12.9. The van der Waals surface area contributed by atoms with Crippen LogP contribution in [-0.2, 0) is 0 Å². The Morgan fingerprint density at radius 1 is 1.20 bits per heavy atom. The van der Waals surface area contributed by atoms with Gasteiger partial charge in [0.25, 0.3) is 5.91 Å². The monoisotopic (exact) mass is 288 g/mol. The second-order valence-electron chi connectivity index (χ2n) is 4.44. The van der Waals surface area contributed by atoms with Crippen LogP contribution in [0, 0.1) is 12.7 Å². The zero-order valence-electron chi connectivity index (χ0n) is 10.6. The molecule has 0 radical (unpaired) electrons. The average Bonchev–Trinajstić information content (AvgIpc) is 2.73. The average molecular weight is 289 g/mol. The minimum absolute atomic E-state index is 0.243. The third kappa shape index (κ3) is 2.08. The highest BCUT2D eigenvalue weighted by molar-refractivity contribution is 6.31. The number of carbonyl (C=O) groups excluding carboxylic acids is 1. The van der Waals surface area contributed by atoms with Crippen LogP contribution in [0.15, 0.2) is 42.5 Å². The van der Waals surface area contributed by atoms with Gasteiger partial charge in [-0.1, -0.05) is 11.6 Å². The summed E-state index contributed by atoms with van der Waals surface area (Å²) in [6, 6.07) is 10.6. The molecule has 0 fully saturated rings. The van der Waals surface area contributed by atoms with E-state index in [1.165, 1.54) is 28.8 Å². The quantitative estimate of drug-likeness (QED) is 0.682. The molecule has 0 bridgehead atoms. The molecule has 0 atom stereocenters. The highest BCUT2D eigenvalue weighted by atomic mass is 35.5. The summed E-state index contributed by atoms with van der Waals surface area (Å²) in [6.07, 6.45) is 0. The first-order valence-corrected chi connectivity index (χ1v) is 6.39. The smallest absolute Gasteiger partial charge is 0.263 e. The number of hydrogen-bond acceptors (Lipinski definition) is 2. The Morgan fingerprint density at radius 3 is 2.60 bits per heavy atom. The molecule has 0 aliphatic carbocycles. The molecule has 0 amide bonds. The van der Waals surface area contributed by atoms with E-state index in [1.807, 2.05) is 0 Å². The predicted molar refractivity (Wildman–Crippen MR) is 75.6 cm³/mol. The second-order valence-corrected chi connectivity index (χ2v) is 4.88. The molecule has 1 aromatic heterocycles. The van der Waals surface area contributed by atoms with E-state index in [0.29, 0.717) is 27.4 Å². The molecular weight excluding hydrogens is 279 g/mol. The Hall–Kier alpha value is -2.20. The van der Waals surface area contributed by atoms with Crippen molar-refractivity contribution in [1.29, 1.82) is 0 Å². The molecule has 0 spiro atoms. The number of carbonyl (C=O) groups is 1. The molecule has 3 aromatic rings. The molecule has 0 aliphatic heterocycles. The summed E-state index contributed by atoms with van der Waals surface area (Å²) in [5, 5.41) is 0.566. The van der Waals surface area contributed by atoms with Crippen molar-refractivity contribution in [2.45, 2.75) is 6.92 Å². The molecule has 0 saturated heterocycles. The van der Waals surface area contributed by atoms with Gasteiger partial charge in [-0.05, 0) is 49.4 Å². The third-order valence-corrected chi connectivity index (χ3v) is 3.31. The van der Waals surface area contributed by atoms with Gasteiger partial charge in [-0.2, -0.15) is 0 Å². The number of rotatable bonds is 1. The summed E-state index contributed by atoms with van der Waals surface area (Å²) in [6.45, 7) is 1.75. The fourth-order valence-electron chi connectivity index (χ4n) is 2.15. The number of aromatic nitrogens is 2. The van der Waals surface area contributed by atoms with Gasteiger partial charge in [0.2, 0.25) is 0 Å². The Bertz CT molecular complexity index is 809. The minimum atomic E-state index is -0.374. The number of benzene rings is 2. The number of aryl methyl sites for hydroxylation is 1. The van der Waals surface area contributed by atoms with Gasteiger partial charge in [-0.3, -0.25) is 9.36 Å². The molecule has 3 nitrogen and oxygen atoms in total. The van der Waals surface area contributed by atoms with Gasteiger partial charge >= 0.3 is 0 Å². The SMILES string of the molecule is Cc1nc2cc(Cl)ccc2n1C(=O)c1ccc(F)cc1. The van der Waals surface area contributed by atoms with Crippen molar-refractivity contribution in [2.75, 3.05) is 0 Å². The third-order valence-electron chi connectivity index (χ3n) is 3.08. The molecule has 1 heterocycles. The molecule has 0 aliphatic rings. The summed E-state index contributed by atoms with van der Waals surface area (Å²) in [4.78, 5) is 16.8. The fraction of sp³-hybridized carbons (Fsp3) is 0.0667. The zero-order chi connectivity index (χ0) is 14.3. The van der Waals surface area contributed by atoms with Crippen LogP contribution in [0.5, 0.6) is 0 Å². The molecular formula is C15H10ClFN2O. The molecule has 0 N–H and O–H groups in total. The van der Waals surface area contributed by atoms with Gasteiger partial charge in [0, 0.05) is 10.6 Å². The topological polar surface area (TPSA) is 34.9 Å². The van der Waals surface area contributed by atoms with E-state index in [4.69, 9.17) is 11.6 Å². The van der Waals surface area contributed by atoms with E-state index in [9.17, 15) is 9.18 Å². The Balaban J connectivity index is 2.16. The highest BCUT2D eigenvalue weighted by Gasteiger charge is 2.16. The first-order valence-electron chi connectivity index (χ1n) is 6.01. The lowest BCUT2D eigenvalue weighted by molar-refractivity contribution is 0.0962. The van der Waals surface area contributed by atoms with E-state index in [1.54, 1.807) is 25.1 Å². The number of nitrogens with zero attached hydrogens (tertiary/aromatic N) is 2. The minimum Gasteiger partial charge on any atom is -0.268 e. The molecule has 20 heavy (non-hydrogen) atoms. The van der Waals surface area contributed by atoms with Gasteiger partial charge < -0.3 is 0 Å². The Labute approximate surface area is 119 Å². The largest absolute Gasteiger partial charge is 0.268 e. The molecule has 5 heteroatoms. The van der Waals surface area contributed by atoms with Crippen LogP contribution in [-0.4, -0.2) is 15.5 Å². The van der Waals surface area contributed by atoms with Crippen LogP contribution < -0.4 is 0 Å². The Kier molecular flexibility index (Phi) is 3.03. The van der Waals surface area contributed by atoms with Crippen LogP contribution in [0.4, 0.5) is 4.39 Å². The van der Waals surface area contributed by atoms with Crippen molar-refractivity contribution in [3.05, 3.63) is 64.7 Å². The van der Waals surface area contributed by atoms with Crippen LogP contribution in [0.3, 0.4) is 0 Å². The standard InChI is InChI=1S/C15H10ClFN2O/c1-9-18-13-8-11(16)4-7-14(13)19(9)15(20)10-2-5-12(17)6-3-10/h2-8H,1H3. The van der Waals surface area contributed by atoms with Gasteiger partial charge in [0.1, 0.15) is 11.6 Å². The lowest BCUT2D eigenvalue weighted by atomic mass is 10.2. The molecule has 2 aromatic carbocycles. The number of halogens is 2. The summed E-state index contributed by atoms with van der Waals surface area (Å²) in [5.74, 6) is -0.0514. The van der Waals surface area contributed by atoms with Crippen molar-refractivity contribution < 1.29 is 9.18 Å². The second kappa shape index (κ2) is 4.72. The van der Waals surface area contributed by atoms with Crippen LogP contribution >= 0.6 is 11.6 Å². The number of imidazole rings is 1. The lowest BCUT2D eigenvalue weighted by Crippen LogP contribution is -2.13. The fourth-order valence-corrected chi connectivity index (χ4v) is 2.32. The van der Waals surface area contributed by atoms with E-state index >= 15 is 0 Å². The predicted octanol–water partition coefficient (Wildman–Crippen LogP) is 3.83. The van der Waals surface area contributed by atoms with Crippen molar-refractivity contribution in [1.82, 2.24) is 9.55 Å². The van der Waals surface area contributed by atoms with Crippen molar-refractivity contribution >= 4 is 28.5 Å². The van der Waals surface area contributed by atoms with Crippen molar-refractivity contribution in [2.24, 2.45) is 0 Å². The van der Waals surface area contributed by atoms with E-state index in [0.717, 1.165) is 0 Å². The molecule has 0 saturated carbocycles. The maximum Gasteiger partial charge on any atom is 0.263 e. The van der Waals surface area contributed by atoms with Gasteiger partial charge in [-0.25, -0.2) is 9.37 Å². The lowest BCUT2D eigenvalue weighted by Gasteiger charge is -2.05. The van der Waals surface area contributed by atoms with Crippen LogP contribution in [0.1, 0.15) is 16.2 Å². The summed E-state index contributed by atoms with van der Waals surface area (Å²) >= 11 is 5.92. The normalized spacial score (nSPS) is 10.9. The zero-order valence-corrected chi connectivity index (χ0v) is 11.4. The van der Waals surface area contributed by atoms with E-state index in [-0.39, 0.29) is 11.7 Å². The first-order chi connectivity index (χ1) is 9.56. The van der Waals surface area contributed by atoms with Gasteiger partial charge in [-0.15, -0.1) is 0 Å².